The van der Waals surface area contributed by atoms with Crippen LogP contribution >= 0.6 is 15.9 Å². The van der Waals surface area contributed by atoms with Gasteiger partial charge in [0.15, 0.2) is 5.54 Å². The van der Waals surface area contributed by atoms with E-state index < -0.39 is 5.54 Å². The predicted octanol–water partition coefficient (Wildman–Crippen LogP) is 3.05. The number of ether oxygens (including phenoxy) is 2. The van der Waals surface area contributed by atoms with Gasteiger partial charge >= 0.3 is 0 Å². The van der Waals surface area contributed by atoms with Crippen molar-refractivity contribution in [1.29, 1.82) is 0 Å². The molecule has 2 N–H and O–H groups in total. The first-order valence-corrected chi connectivity index (χ1v) is 7.32. The number of hydrogen-bond acceptors (Lipinski definition) is 4. The molecule has 0 fully saturated rings. The van der Waals surface area contributed by atoms with Crippen molar-refractivity contribution in [1.82, 2.24) is 0 Å². The number of nitrogens with zero attached hydrogens (tertiary/aromatic N) is 1. The van der Waals surface area contributed by atoms with Crippen LogP contribution in [-0.4, -0.2) is 19.7 Å². The summed E-state index contributed by atoms with van der Waals surface area (Å²) in [5.74, 6) is 0.805. The quantitative estimate of drug-likeness (QED) is 0.929. The summed E-state index contributed by atoms with van der Waals surface area (Å²) >= 11 is 3.50. The molecule has 0 aromatic heterocycles. The van der Waals surface area contributed by atoms with Crippen LogP contribution in [0.25, 0.3) is 0 Å². The van der Waals surface area contributed by atoms with Gasteiger partial charge in [-0.2, -0.15) is 0 Å². The van der Waals surface area contributed by atoms with Gasteiger partial charge in [0.25, 0.3) is 6.02 Å². The summed E-state index contributed by atoms with van der Waals surface area (Å²) in [7, 11) is 1.65. The van der Waals surface area contributed by atoms with Crippen LogP contribution in [0, 0.1) is 0 Å². The van der Waals surface area contributed by atoms with E-state index in [9.17, 15) is 0 Å². The third-order valence-corrected chi connectivity index (χ3v) is 4.09. The second-order valence-electron chi connectivity index (χ2n) is 4.84. The molecule has 0 saturated carbocycles. The van der Waals surface area contributed by atoms with Gasteiger partial charge in [0.05, 0.1) is 7.11 Å². The van der Waals surface area contributed by atoms with Crippen LogP contribution in [-0.2, 0) is 10.3 Å². The van der Waals surface area contributed by atoms with Gasteiger partial charge in [0, 0.05) is 4.47 Å². The number of halogens is 1. The Kier molecular flexibility index (Phi) is 3.59. The largest absolute Gasteiger partial charge is 0.497 e. The summed E-state index contributed by atoms with van der Waals surface area (Å²) in [4.78, 5) is 4.57. The average molecular weight is 347 g/mol. The van der Waals surface area contributed by atoms with E-state index in [1.807, 2.05) is 48.5 Å². The molecule has 0 saturated heterocycles. The molecule has 108 valence electrons. The number of aliphatic imine (C=N–C) groups is 1. The van der Waals surface area contributed by atoms with Gasteiger partial charge in [-0.25, -0.2) is 4.99 Å². The molecule has 1 aliphatic rings. The number of methoxy groups -OCH3 is 1. The van der Waals surface area contributed by atoms with Gasteiger partial charge in [0.2, 0.25) is 0 Å². The molecule has 2 aromatic carbocycles. The first-order valence-electron chi connectivity index (χ1n) is 6.53. The minimum atomic E-state index is -0.611. The summed E-state index contributed by atoms with van der Waals surface area (Å²) in [5.41, 5.74) is 7.21. The van der Waals surface area contributed by atoms with Gasteiger partial charge in [-0.1, -0.05) is 40.2 Å². The Labute approximate surface area is 131 Å². The van der Waals surface area contributed by atoms with Gasteiger partial charge in [0.1, 0.15) is 12.4 Å². The highest BCUT2D eigenvalue weighted by molar-refractivity contribution is 9.10. The Bertz CT molecular complexity index is 685. The van der Waals surface area contributed by atoms with Crippen molar-refractivity contribution in [3.05, 3.63) is 64.1 Å². The highest BCUT2D eigenvalue weighted by Gasteiger charge is 2.40. The van der Waals surface area contributed by atoms with E-state index in [-0.39, 0.29) is 6.02 Å². The second kappa shape index (κ2) is 5.41. The normalized spacial score (nSPS) is 20.8. The zero-order valence-corrected chi connectivity index (χ0v) is 13.1. The van der Waals surface area contributed by atoms with Crippen molar-refractivity contribution in [2.45, 2.75) is 5.54 Å². The van der Waals surface area contributed by atoms with Gasteiger partial charge in [-0.05, 0) is 35.4 Å². The summed E-state index contributed by atoms with van der Waals surface area (Å²) in [6.07, 6.45) is 0. The Morgan fingerprint density at radius 3 is 2.52 bits per heavy atom. The molecule has 1 heterocycles. The number of hydrogen-bond donors (Lipinski definition) is 1. The minimum Gasteiger partial charge on any atom is -0.497 e. The monoisotopic (exact) mass is 346 g/mol. The smallest absolute Gasteiger partial charge is 0.283 e. The molecule has 1 atom stereocenters. The fourth-order valence-electron chi connectivity index (χ4n) is 2.51. The van der Waals surface area contributed by atoms with E-state index >= 15 is 0 Å². The van der Waals surface area contributed by atoms with Crippen molar-refractivity contribution in [3.63, 3.8) is 0 Å². The zero-order valence-electron chi connectivity index (χ0n) is 11.5. The highest BCUT2D eigenvalue weighted by atomic mass is 79.9. The van der Waals surface area contributed by atoms with E-state index in [2.05, 4.69) is 20.9 Å². The zero-order chi connectivity index (χ0) is 14.9. The summed E-state index contributed by atoms with van der Waals surface area (Å²) in [6.45, 7) is 0.390. The molecule has 0 aliphatic carbocycles. The summed E-state index contributed by atoms with van der Waals surface area (Å²) < 4.78 is 11.7. The Morgan fingerprint density at radius 2 is 1.95 bits per heavy atom. The summed E-state index contributed by atoms with van der Waals surface area (Å²) in [5, 5.41) is 0. The van der Waals surface area contributed by atoms with E-state index in [4.69, 9.17) is 15.2 Å². The molecule has 0 unspecified atom stereocenters. The van der Waals surface area contributed by atoms with Crippen LogP contribution in [0.2, 0.25) is 0 Å². The maximum Gasteiger partial charge on any atom is 0.283 e. The second-order valence-corrected chi connectivity index (χ2v) is 5.75. The van der Waals surface area contributed by atoms with Crippen LogP contribution in [0.3, 0.4) is 0 Å². The molecule has 0 bridgehead atoms. The van der Waals surface area contributed by atoms with Gasteiger partial charge < -0.3 is 15.2 Å². The van der Waals surface area contributed by atoms with Gasteiger partial charge in [-0.15, -0.1) is 0 Å². The van der Waals surface area contributed by atoms with Crippen LogP contribution in [0.1, 0.15) is 11.1 Å². The molecule has 3 rings (SSSR count). The third kappa shape index (κ3) is 2.49. The molecule has 5 heteroatoms. The maximum atomic E-state index is 5.77. The van der Waals surface area contributed by atoms with Crippen LogP contribution < -0.4 is 10.5 Å². The highest BCUT2D eigenvalue weighted by Crippen LogP contribution is 2.38. The number of rotatable bonds is 3. The lowest BCUT2D eigenvalue weighted by Crippen LogP contribution is -2.27. The molecule has 2 aromatic rings. The van der Waals surface area contributed by atoms with E-state index in [1.165, 1.54) is 0 Å². The van der Waals surface area contributed by atoms with Gasteiger partial charge in [-0.3, -0.25) is 0 Å². The molecule has 1 aliphatic heterocycles. The first-order chi connectivity index (χ1) is 10.1. The topological polar surface area (TPSA) is 56.8 Å². The number of nitrogens with two attached hydrogens (primary N) is 1. The van der Waals surface area contributed by atoms with Crippen molar-refractivity contribution in [2.75, 3.05) is 13.7 Å². The Hall–Kier alpha value is -2.01. The molecule has 0 spiro atoms. The SMILES string of the molecule is COc1ccc([C@]2(c3cccc(Br)c3)COC(N)=N2)cc1. The molecule has 0 radical (unpaired) electrons. The molecule has 21 heavy (non-hydrogen) atoms. The number of benzene rings is 2. The standard InChI is InChI=1S/C16H15BrN2O2/c1-20-14-7-5-11(6-8-14)16(10-21-15(18)19-16)12-3-2-4-13(17)9-12/h2-9H,10H2,1H3,(H2,18,19)/t16-/m0/s1. The lowest BCUT2D eigenvalue weighted by molar-refractivity contribution is 0.278. The van der Waals surface area contributed by atoms with Crippen molar-refractivity contribution >= 4 is 22.0 Å². The maximum absolute atomic E-state index is 5.77. The lowest BCUT2D eigenvalue weighted by Gasteiger charge is -2.25. The summed E-state index contributed by atoms with van der Waals surface area (Å²) in [6, 6.07) is 16.1. The van der Waals surface area contributed by atoms with Crippen molar-refractivity contribution in [2.24, 2.45) is 10.7 Å². The first kappa shape index (κ1) is 13.9. The van der Waals surface area contributed by atoms with Crippen LogP contribution in [0.15, 0.2) is 58.0 Å². The molecular formula is C16H15BrN2O2. The van der Waals surface area contributed by atoms with Crippen LogP contribution in [0.5, 0.6) is 5.75 Å². The fraction of sp³-hybridized carbons (Fsp3) is 0.188. The van der Waals surface area contributed by atoms with Crippen molar-refractivity contribution in [3.8, 4) is 5.75 Å². The Balaban J connectivity index is 2.13. The fourth-order valence-corrected chi connectivity index (χ4v) is 2.91. The molecular weight excluding hydrogens is 332 g/mol. The predicted molar refractivity (Wildman–Crippen MR) is 85.5 cm³/mol. The minimum absolute atomic E-state index is 0.214. The van der Waals surface area contributed by atoms with E-state index in [1.54, 1.807) is 7.11 Å². The molecule has 4 nitrogen and oxygen atoms in total. The Morgan fingerprint density at radius 1 is 1.19 bits per heavy atom. The third-order valence-electron chi connectivity index (χ3n) is 3.60. The van der Waals surface area contributed by atoms with E-state index in [0.29, 0.717) is 6.61 Å². The lowest BCUT2D eigenvalue weighted by atomic mass is 9.84. The average Bonchev–Trinajstić information content (AvgIpc) is 2.91. The van der Waals surface area contributed by atoms with Crippen molar-refractivity contribution < 1.29 is 9.47 Å². The van der Waals surface area contributed by atoms with E-state index in [0.717, 1.165) is 21.3 Å². The molecule has 0 amide bonds. The van der Waals surface area contributed by atoms with Crippen LogP contribution in [0.4, 0.5) is 0 Å². The number of amidine groups is 1.